The van der Waals surface area contributed by atoms with Gasteiger partial charge < -0.3 is 5.32 Å². The molecular weight excluding hydrogens is 184 g/mol. The number of hydrogen-bond donors (Lipinski definition) is 1. The number of nitrogens with one attached hydrogen (secondary N) is 1. The first-order valence-electron chi connectivity index (χ1n) is 5.89. The molecule has 1 atom stereocenters. The van der Waals surface area contributed by atoms with Crippen molar-refractivity contribution in [3.8, 4) is 0 Å². The number of nitrogens with zero attached hydrogens (tertiary/aromatic N) is 1. The van der Waals surface area contributed by atoms with Crippen LogP contribution in [0.1, 0.15) is 43.0 Å². The van der Waals surface area contributed by atoms with E-state index >= 15 is 0 Å². The van der Waals surface area contributed by atoms with Gasteiger partial charge in [-0.1, -0.05) is 25.3 Å². The molecule has 82 valence electrons. The van der Waals surface area contributed by atoms with Gasteiger partial charge in [-0.15, -0.1) is 0 Å². The predicted molar refractivity (Wildman–Crippen MR) is 62.7 cm³/mol. The Morgan fingerprint density at radius 3 is 2.73 bits per heavy atom. The summed E-state index contributed by atoms with van der Waals surface area (Å²) in [6.45, 7) is 2.03. The van der Waals surface area contributed by atoms with E-state index in [2.05, 4.69) is 22.4 Å². The zero-order valence-electron chi connectivity index (χ0n) is 9.66. The van der Waals surface area contributed by atoms with Gasteiger partial charge in [0.05, 0.1) is 0 Å². The second kappa shape index (κ2) is 4.75. The van der Waals surface area contributed by atoms with Crippen molar-refractivity contribution in [2.75, 3.05) is 7.05 Å². The summed E-state index contributed by atoms with van der Waals surface area (Å²) in [4.78, 5) is 4.36. The predicted octanol–water partition coefficient (Wildman–Crippen LogP) is 2.84. The first-order chi connectivity index (χ1) is 7.29. The summed E-state index contributed by atoms with van der Waals surface area (Å²) in [5, 5.41) is 3.40. The Morgan fingerprint density at radius 2 is 2.27 bits per heavy atom. The topological polar surface area (TPSA) is 24.9 Å². The Kier molecular flexibility index (Phi) is 3.37. The lowest BCUT2D eigenvalue weighted by atomic mass is 9.80. The van der Waals surface area contributed by atoms with E-state index in [1.807, 2.05) is 20.2 Å². The summed E-state index contributed by atoms with van der Waals surface area (Å²) in [7, 11) is 2.04. The van der Waals surface area contributed by atoms with Crippen molar-refractivity contribution in [3.05, 3.63) is 29.6 Å². The van der Waals surface area contributed by atoms with Crippen LogP contribution in [0, 0.1) is 12.8 Å². The summed E-state index contributed by atoms with van der Waals surface area (Å²) in [6, 6.07) is 4.78. The highest BCUT2D eigenvalue weighted by atomic mass is 14.9. The van der Waals surface area contributed by atoms with Crippen LogP contribution in [0.2, 0.25) is 0 Å². The molecule has 0 bridgehead atoms. The maximum atomic E-state index is 4.36. The maximum absolute atomic E-state index is 4.36. The van der Waals surface area contributed by atoms with Crippen LogP contribution in [-0.2, 0) is 0 Å². The smallest absolute Gasteiger partial charge is 0.0372 e. The molecule has 2 rings (SSSR count). The van der Waals surface area contributed by atoms with Crippen molar-refractivity contribution in [2.24, 2.45) is 5.92 Å². The molecule has 1 aliphatic rings. The van der Waals surface area contributed by atoms with Crippen LogP contribution >= 0.6 is 0 Å². The highest BCUT2D eigenvalue weighted by Crippen LogP contribution is 2.34. The van der Waals surface area contributed by atoms with Gasteiger partial charge >= 0.3 is 0 Å². The lowest BCUT2D eigenvalue weighted by Crippen LogP contribution is -2.23. The van der Waals surface area contributed by atoms with Crippen LogP contribution in [0.3, 0.4) is 0 Å². The largest absolute Gasteiger partial charge is 0.313 e. The molecule has 0 spiro atoms. The van der Waals surface area contributed by atoms with E-state index in [0.29, 0.717) is 6.04 Å². The molecule has 1 fully saturated rings. The molecule has 1 aliphatic carbocycles. The molecule has 0 radical (unpaired) electrons. The number of hydrogen-bond acceptors (Lipinski definition) is 2. The molecule has 1 saturated carbocycles. The third kappa shape index (κ3) is 2.57. The zero-order valence-corrected chi connectivity index (χ0v) is 9.66. The minimum atomic E-state index is 0.489. The van der Waals surface area contributed by atoms with Gasteiger partial charge in [-0.3, -0.25) is 4.98 Å². The molecule has 1 heterocycles. The quantitative estimate of drug-likeness (QED) is 0.815. The van der Waals surface area contributed by atoms with E-state index in [1.54, 1.807) is 0 Å². The van der Waals surface area contributed by atoms with Crippen molar-refractivity contribution < 1.29 is 0 Å². The van der Waals surface area contributed by atoms with Crippen molar-refractivity contribution in [2.45, 2.75) is 38.6 Å². The molecule has 0 amide bonds. The highest BCUT2D eigenvalue weighted by Gasteiger charge is 2.22. The Labute approximate surface area is 92.1 Å². The minimum Gasteiger partial charge on any atom is -0.313 e. The molecule has 1 aromatic heterocycles. The fourth-order valence-corrected chi connectivity index (χ4v) is 2.17. The van der Waals surface area contributed by atoms with Gasteiger partial charge in [0.1, 0.15) is 0 Å². The molecule has 1 N–H and O–H groups in total. The van der Waals surface area contributed by atoms with Crippen molar-refractivity contribution >= 4 is 0 Å². The first kappa shape index (κ1) is 10.6. The van der Waals surface area contributed by atoms with Gasteiger partial charge in [0.15, 0.2) is 0 Å². The van der Waals surface area contributed by atoms with Gasteiger partial charge in [0.2, 0.25) is 0 Å². The molecule has 2 nitrogen and oxygen atoms in total. The zero-order chi connectivity index (χ0) is 10.7. The summed E-state index contributed by atoms with van der Waals surface area (Å²) in [6.07, 6.45) is 7.53. The second-order valence-corrected chi connectivity index (χ2v) is 4.61. The molecule has 0 aliphatic heterocycles. The summed E-state index contributed by atoms with van der Waals surface area (Å²) < 4.78 is 0. The van der Waals surface area contributed by atoms with Gasteiger partial charge in [-0.25, -0.2) is 0 Å². The summed E-state index contributed by atoms with van der Waals surface area (Å²) in [5.41, 5.74) is 2.42. The number of aryl methyl sites for hydroxylation is 1. The monoisotopic (exact) mass is 204 g/mol. The van der Waals surface area contributed by atoms with E-state index in [4.69, 9.17) is 0 Å². The van der Waals surface area contributed by atoms with Gasteiger partial charge in [0.25, 0.3) is 0 Å². The Bertz CT molecular complexity index is 301. The number of pyridine rings is 1. The number of aromatic nitrogens is 1. The fourth-order valence-electron chi connectivity index (χ4n) is 2.17. The fraction of sp³-hybridized carbons (Fsp3) is 0.615. The van der Waals surface area contributed by atoms with Gasteiger partial charge in [-0.05, 0) is 37.9 Å². The Morgan fingerprint density at radius 1 is 1.47 bits per heavy atom. The SMILES string of the molecule is CNC(CC1CCC1)c1ccc(C)nc1. The van der Waals surface area contributed by atoms with E-state index in [0.717, 1.165) is 11.6 Å². The van der Waals surface area contributed by atoms with Crippen LogP contribution in [0.4, 0.5) is 0 Å². The van der Waals surface area contributed by atoms with E-state index in [1.165, 1.54) is 31.2 Å². The van der Waals surface area contributed by atoms with Gasteiger partial charge in [0, 0.05) is 17.9 Å². The lowest BCUT2D eigenvalue weighted by molar-refractivity contribution is 0.265. The van der Waals surface area contributed by atoms with E-state index < -0.39 is 0 Å². The average Bonchev–Trinajstić information content (AvgIpc) is 2.19. The van der Waals surface area contributed by atoms with Crippen LogP contribution in [0.5, 0.6) is 0 Å². The van der Waals surface area contributed by atoms with Crippen LogP contribution < -0.4 is 5.32 Å². The van der Waals surface area contributed by atoms with Crippen LogP contribution in [-0.4, -0.2) is 12.0 Å². The van der Waals surface area contributed by atoms with Crippen molar-refractivity contribution in [1.29, 1.82) is 0 Å². The van der Waals surface area contributed by atoms with E-state index in [-0.39, 0.29) is 0 Å². The summed E-state index contributed by atoms with van der Waals surface area (Å²) in [5.74, 6) is 0.934. The average molecular weight is 204 g/mol. The molecule has 0 saturated heterocycles. The van der Waals surface area contributed by atoms with Crippen molar-refractivity contribution in [1.82, 2.24) is 10.3 Å². The van der Waals surface area contributed by atoms with Crippen LogP contribution in [0.25, 0.3) is 0 Å². The standard InChI is InChI=1S/C13H20N2/c1-10-6-7-12(9-15-10)13(14-2)8-11-4-3-5-11/h6-7,9,11,13-14H,3-5,8H2,1-2H3. The molecule has 15 heavy (non-hydrogen) atoms. The first-order valence-corrected chi connectivity index (χ1v) is 5.89. The maximum Gasteiger partial charge on any atom is 0.0372 e. The summed E-state index contributed by atoms with van der Waals surface area (Å²) >= 11 is 0. The molecular formula is C13H20N2. The van der Waals surface area contributed by atoms with Crippen LogP contribution in [0.15, 0.2) is 18.3 Å². The second-order valence-electron chi connectivity index (χ2n) is 4.61. The molecule has 1 aromatic rings. The highest BCUT2D eigenvalue weighted by molar-refractivity contribution is 5.17. The Hall–Kier alpha value is -0.890. The normalized spacial score (nSPS) is 18.5. The number of rotatable bonds is 4. The minimum absolute atomic E-state index is 0.489. The third-order valence-electron chi connectivity index (χ3n) is 3.48. The van der Waals surface area contributed by atoms with Gasteiger partial charge in [-0.2, -0.15) is 0 Å². The Balaban J connectivity index is 2.01. The lowest BCUT2D eigenvalue weighted by Gasteiger charge is -2.29. The molecule has 1 unspecified atom stereocenters. The van der Waals surface area contributed by atoms with E-state index in [9.17, 15) is 0 Å². The third-order valence-corrected chi connectivity index (χ3v) is 3.48. The van der Waals surface area contributed by atoms with Crippen molar-refractivity contribution in [3.63, 3.8) is 0 Å². The molecule has 0 aromatic carbocycles. The molecule has 2 heteroatoms.